The van der Waals surface area contributed by atoms with Crippen molar-refractivity contribution in [1.29, 1.82) is 0 Å². The molecule has 4 aromatic rings. The Morgan fingerprint density at radius 1 is 0.839 bits per heavy atom. The molecule has 0 amide bonds. The van der Waals surface area contributed by atoms with Crippen molar-refractivity contribution < 1.29 is 12.8 Å². The number of benzene rings is 3. The van der Waals surface area contributed by atoms with Gasteiger partial charge in [0.2, 0.25) is 26.6 Å². The van der Waals surface area contributed by atoms with Crippen molar-refractivity contribution in [3.8, 4) is 11.5 Å². The Morgan fingerprint density at radius 2 is 1.45 bits per heavy atom. The second-order valence-corrected chi connectivity index (χ2v) is 10.3. The van der Waals surface area contributed by atoms with Crippen LogP contribution in [0.5, 0.6) is 0 Å². The van der Waals surface area contributed by atoms with Crippen LogP contribution < -0.4 is 5.32 Å². The monoisotopic (exact) mass is 496 g/mol. The number of anilines is 2. The quantitative estimate of drug-likeness (QED) is 0.336. The summed E-state index contributed by atoms with van der Waals surface area (Å²) in [6.45, 7) is 5.87. The number of hydrogen-bond donors (Lipinski definition) is 1. The lowest BCUT2D eigenvalue weighted by molar-refractivity contribution is 0.582. The Morgan fingerprint density at radius 3 is 2.06 bits per heavy atom. The molecule has 1 aromatic heterocycles. The van der Waals surface area contributed by atoms with E-state index in [0.29, 0.717) is 5.56 Å². The van der Waals surface area contributed by atoms with E-state index in [1.54, 1.807) is 24.3 Å². The normalized spacial score (nSPS) is 11.5. The van der Waals surface area contributed by atoms with Gasteiger partial charge in [0.15, 0.2) is 0 Å². The van der Waals surface area contributed by atoms with E-state index in [9.17, 15) is 8.42 Å². The van der Waals surface area contributed by atoms with E-state index >= 15 is 0 Å². The number of rotatable bonds is 5. The summed E-state index contributed by atoms with van der Waals surface area (Å²) in [6.07, 6.45) is 0. The van der Waals surface area contributed by atoms with Crippen LogP contribution in [0.1, 0.15) is 16.7 Å². The molecule has 5 nitrogen and oxygen atoms in total. The molecule has 1 N–H and O–H groups in total. The minimum Gasteiger partial charge on any atom is -0.419 e. The first-order chi connectivity index (χ1) is 14.7. The van der Waals surface area contributed by atoms with E-state index in [2.05, 4.69) is 26.2 Å². The molecule has 0 saturated heterocycles. The van der Waals surface area contributed by atoms with Crippen molar-refractivity contribution in [2.75, 3.05) is 5.32 Å². The summed E-state index contributed by atoms with van der Waals surface area (Å²) in [5.74, 6) is 0.313. The molecule has 0 aliphatic carbocycles. The highest BCUT2D eigenvalue weighted by molar-refractivity contribution is 9.10. The third kappa shape index (κ3) is 4.57. The molecule has 0 unspecified atom stereocenters. The predicted octanol–water partition coefficient (Wildman–Crippen LogP) is 6.61. The van der Waals surface area contributed by atoms with E-state index in [4.69, 9.17) is 4.42 Å². The molecule has 7 heteroatoms. The summed E-state index contributed by atoms with van der Waals surface area (Å²) >= 11 is 3.40. The zero-order valence-corrected chi connectivity index (χ0v) is 19.7. The van der Waals surface area contributed by atoms with Crippen molar-refractivity contribution in [3.63, 3.8) is 0 Å². The fourth-order valence-electron chi connectivity index (χ4n) is 3.29. The molecule has 0 bridgehead atoms. The van der Waals surface area contributed by atoms with Crippen molar-refractivity contribution in [2.24, 2.45) is 0 Å². The first kappa shape index (κ1) is 21.3. The Hall–Kier alpha value is -2.90. The molecular formula is C24H21BrN2O3S. The molecule has 0 fully saturated rings. The maximum absolute atomic E-state index is 13.4. The predicted molar refractivity (Wildman–Crippen MR) is 125 cm³/mol. The number of aromatic nitrogens is 1. The average molecular weight is 497 g/mol. The second-order valence-electron chi connectivity index (χ2n) is 7.48. The van der Waals surface area contributed by atoms with Gasteiger partial charge in [0.1, 0.15) is 0 Å². The van der Waals surface area contributed by atoms with Crippen molar-refractivity contribution >= 4 is 37.3 Å². The summed E-state index contributed by atoms with van der Waals surface area (Å²) in [5, 5.41) is 2.98. The first-order valence-corrected chi connectivity index (χ1v) is 11.9. The largest absolute Gasteiger partial charge is 0.419 e. The van der Waals surface area contributed by atoms with Crippen LogP contribution >= 0.6 is 15.9 Å². The van der Waals surface area contributed by atoms with Crippen LogP contribution in [0.2, 0.25) is 0 Å². The number of nitrogens with zero attached hydrogens (tertiary/aromatic N) is 1. The third-order valence-electron chi connectivity index (χ3n) is 4.75. The lowest BCUT2D eigenvalue weighted by atomic mass is 10.1. The van der Waals surface area contributed by atoms with Gasteiger partial charge in [0.05, 0.1) is 4.90 Å². The molecule has 31 heavy (non-hydrogen) atoms. The van der Waals surface area contributed by atoms with Gasteiger partial charge in [-0.2, -0.15) is 4.98 Å². The highest BCUT2D eigenvalue weighted by Gasteiger charge is 2.28. The molecular weight excluding hydrogens is 476 g/mol. The van der Waals surface area contributed by atoms with Gasteiger partial charge in [-0.25, -0.2) is 8.42 Å². The topological polar surface area (TPSA) is 72.2 Å². The SMILES string of the molecule is Cc1ccc(S(=O)(=O)c2nc(-c3ccc(Br)cc3)oc2Nc2cc(C)cc(C)c2)cc1. The summed E-state index contributed by atoms with van der Waals surface area (Å²) in [6, 6.07) is 19.9. The van der Waals surface area contributed by atoms with Crippen LogP contribution in [0.25, 0.3) is 11.5 Å². The highest BCUT2D eigenvalue weighted by atomic mass is 79.9. The molecule has 4 rings (SSSR count). The molecule has 0 atom stereocenters. The smallest absolute Gasteiger partial charge is 0.238 e. The number of halogens is 1. The van der Waals surface area contributed by atoms with Crippen molar-refractivity contribution in [1.82, 2.24) is 4.98 Å². The van der Waals surface area contributed by atoms with Crippen molar-refractivity contribution in [2.45, 2.75) is 30.7 Å². The number of nitrogens with one attached hydrogen (secondary N) is 1. The van der Waals surface area contributed by atoms with Gasteiger partial charge in [-0.1, -0.05) is 39.7 Å². The molecule has 0 aliphatic heterocycles. The number of aryl methyl sites for hydroxylation is 3. The summed E-state index contributed by atoms with van der Waals surface area (Å²) in [4.78, 5) is 4.55. The highest BCUT2D eigenvalue weighted by Crippen LogP contribution is 2.34. The first-order valence-electron chi connectivity index (χ1n) is 9.66. The van der Waals surface area contributed by atoms with Gasteiger partial charge in [-0.3, -0.25) is 0 Å². The third-order valence-corrected chi connectivity index (χ3v) is 6.96. The van der Waals surface area contributed by atoms with E-state index in [1.165, 1.54) is 0 Å². The van der Waals surface area contributed by atoms with Crippen LogP contribution in [0.4, 0.5) is 11.6 Å². The van der Waals surface area contributed by atoms with Gasteiger partial charge < -0.3 is 9.73 Å². The summed E-state index contributed by atoms with van der Waals surface area (Å²) in [7, 11) is -3.90. The van der Waals surface area contributed by atoms with Gasteiger partial charge in [-0.05, 0) is 80.4 Å². The minimum atomic E-state index is -3.90. The molecule has 0 spiro atoms. The molecule has 0 saturated carbocycles. The maximum Gasteiger partial charge on any atom is 0.238 e. The fourth-order valence-corrected chi connectivity index (χ4v) is 4.81. The minimum absolute atomic E-state index is 0.0866. The summed E-state index contributed by atoms with van der Waals surface area (Å²) in [5.41, 5.74) is 4.49. The number of sulfone groups is 1. The molecule has 3 aromatic carbocycles. The zero-order valence-electron chi connectivity index (χ0n) is 17.3. The van der Waals surface area contributed by atoms with Gasteiger partial charge in [-0.15, -0.1) is 0 Å². The Labute approximate surface area is 190 Å². The number of hydrogen-bond acceptors (Lipinski definition) is 5. The Bertz CT molecular complexity index is 1320. The van der Waals surface area contributed by atoms with Gasteiger partial charge >= 0.3 is 0 Å². The lowest BCUT2D eigenvalue weighted by Gasteiger charge is -2.08. The van der Waals surface area contributed by atoms with Crippen molar-refractivity contribution in [3.05, 3.63) is 87.9 Å². The standard InChI is InChI=1S/C24H21BrN2O3S/c1-15-4-10-21(11-5-15)31(28,29)24-23(26-20-13-16(2)12-17(3)14-20)30-22(27-24)18-6-8-19(25)9-7-18/h4-14,26H,1-3H3. The number of oxazole rings is 1. The van der Waals surface area contributed by atoms with Crippen LogP contribution in [0.3, 0.4) is 0 Å². The van der Waals surface area contributed by atoms with E-state index in [1.807, 2.05) is 63.2 Å². The van der Waals surface area contributed by atoms with E-state index in [-0.39, 0.29) is 21.7 Å². The maximum atomic E-state index is 13.4. The Kier molecular flexibility index (Phi) is 5.73. The molecule has 0 radical (unpaired) electrons. The fraction of sp³-hybridized carbons (Fsp3) is 0.125. The molecule has 0 aliphatic rings. The van der Waals surface area contributed by atoms with E-state index in [0.717, 1.165) is 26.9 Å². The van der Waals surface area contributed by atoms with E-state index < -0.39 is 9.84 Å². The average Bonchev–Trinajstić information content (AvgIpc) is 3.12. The molecule has 158 valence electrons. The summed E-state index contributed by atoms with van der Waals surface area (Å²) < 4.78 is 33.7. The van der Waals surface area contributed by atoms with Crippen LogP contribution in [-0.2, 0) is 9.84 Å². The van der Waals surface area contributed by atoms with Crippen LogP contribution in [-0.4, -0.2) is 13.4 Å². The molecule has 1 heterocycles. The second kappa shape index (κ2) is 8.32. The zero-order chi connectivity index (χ0) is 22.2. The Balaban J connectivity index is 1.85. The van der Waals surface area contributed by atoms with Gasteiger partial charge in [0, 0.05) is 15.7 Å². The van der Waals surface area contributed by atoms with Crippen LogP contribution in [0.15, 0.2) is 85.5 Å². The van der Waals surface area contributed by atoms with Crippen LogP contribution in [0, 0.1) is 20.8 Å². The lowest BCUT2D eigenvalue weighted by Crippen LogP contribution is -2.05. The van der Waals surface area contributed by atoms with Gasteiger partial charge in [0.25, 0.3) is 0 Å².